The summed E-state index contributed by atoms with van der Waals surface area (Å²) in [5.74, 6) is -0.0280. The first-order chi connectivity index (χ1) is 10.6. The Kier molecular flexibility index (Phi) is 6.06. The van der Waals surface area contributed by atoms with Gasteiger partial charge in [-0.25, -0.2) is 4.79 Å². The van der Waals surface area contributed by atoms with Crippen LogP contribution in [0.5, 0.6) is 5.75 Å². The molecule has 2 N–H and O–H groups in total. The van der Waals surface area contributed by atoms with Gasteiger partial charge in [0.05, 0.1) is 6.54 Å². The Morgan fingerprint density at radius 1 is 1.32 bits per heavy atom. The molecule has 1 atom stereocenters. The molecular weight excluding hydrogens is 284 g/mol. The number of benzene rings is 1. The molecule has 2 rings (SSSR count). The number of carbonyl (C=O) groups excluding carboxylic acids is 1. The summed E-state index contributed by atoms with van der Waals surface area (Å²) < 4.78 is 5.89. The van der Waals surface area contributed by atoms with Crippen LogP contribution in [0.1, 0.15) is 25.7 Å². The second-order valence-corrected chi connectivity index (χ2v) is 5.37. The maximum absolute atomic E-state index is 12.1. The van der Waals surface area contributed by atoms with Crippen LogP contribution in [0.15, 0.2) is 30.3 Å². The van der Waals surface area contributed by atoms with E-state index in [0.29, 0.717) is 26.1 Å². The summed E-state index contributed by atoms with van der Waals surface area (Å²) >= 11 is 0. The van der Waals surface area contributed by atoms with Crippen molar-refractivity contribution in [1.82, 2.24) is 10.2 Å². The van der Waals surface area contributed by atoms with Crippen LogP contribution in [-0.4, -0.2) is 47.7 Å². The number of rotatable bonds is 6. The van der Waals surface area contributed by atoms with Gasteiger partial charge in [0.15, 0.2) is 0 Å². The maximum atomic E-state index is 12.1. The van der Waals surface area contributed by atoms with Crippen molar-refractivity contribution in [3.05, 3.63) is 30.3 Å². The van der Waals surface area contributed by atoms with E-state index in [1.807, 2.05) is 30.3 Å². The van der Waals surface area contributed by atoms with Crippen molar-refractivity contribution in [2.75, 3.05) is 19.6 Å². The fourth-order valence-electron chi connectivity index (χ4n) is 2.46. The molecular formula is C16H22N2O4. The number of nitrogens with one attached hydrogen (secondary N) is 1. The lowest BCUT2D eigenvalue weighted by Crippen LogP contribution is -2.48. The maximum Gasteiger partial charge on any atom is 0.317 e. The normalized spacial score (nSPS) is 17.8. The average molecular weight is 306 g/mol. The number of nitrogens with zero attached hydrogens (tertiary/aromatic N) is 1. The van der Waals surface area contributed by atoms with Gasteiger partial charge in [-0.2, -0.15) is 0 Å². The molecule has 1 heterocycles. The first kappa shape index (κ1) is 16.1. The van der Waals surface area contributed by atoms with Crippen LogP contribution in [0.2, 0.25) is 0 Å². The minimum absolute atomic E-state index is 0.000851. The fraction of sp³-hybridized carbons (Fsp3) is 0.500. The Labute approximate surface area is 130 Å². The van der Waals surface area contributed by atoms with Crippen LogP contribution in [-0.2, 0) is 4.79 Å². The SMILES string of the molecule is O=C(O)CCCNC(=O)N1CCCC(Oc2ccccc2)C1. The number of hydrogen-bond donors (Lipinski definition) is 2. The van der Waals surface area contributed by atoms with Crippen LogP contribution in [0.3, 0.4) is 0 Å². The van der Waals surface area contributed by atoms with Crippen molar-refractivity contribution >= 4 is 12.0 Å². The Morgan fingerprint density at radius 2 is 2.09 bits per heavy atom. The molecule has 1 aliphatic heterocycles. The van der Waals surface area contributed by atoms with Crippen molar-refractivity contribution in [3.63, 3.8) is 0 Å². The van der Waals surface area contributed by atoms with Gasteiger partial charge in [-0.05, 0) is 31.4 Å². The smallest absolute Gasteiger partial charge is 0.317 e. The number of amides is 2. The highest BCUT2D eigenvalue weighted by atomic mass is 16.5. The number of carbonyl (C=O) groups is 2. The molecule has 0 aromatic heterocycles. The van der Waals surface area contributed by atoms with Crippen molar-refractivity contribution in [2.24, 2.45) is 0 Å². The lowest BCUT2D eigenvalue weighted by molar-refractivity contribution is -0.137. The van der Waals surface area contributed by atoms with Gasteiger partial charge in [-0.1, -0.05) is 18.2 Å². The highest BCUT2D eigenvalue weighted by Gasteiger charge is 2.24. The summed E-state index contributed by atoms with van der Waals surface area (Å²) in [5, 5.41) is 11.3. The number of carboxylic acids is 1. The van der Waals surface area contributed by atoms with Gasteiger partial charge in [-0.15, -0.1) is 0 Å². The van der Waals surface area contributed by atoms with Gasteiger partial charge in [0.2, 0.25) is 0 Å². The summed E-state index contributed by atoms with van der Waals surface area (Å²) in [6.45, 7) is 1.64. The molecule has 1 aliphatic rings. The molecule has 2 amide bonds. The number of aliphatic carboxylic acids is 1. The molecule has 120 valence electrons. The van der Waals surface area contributed by atoms with E-state index in [4.69, 9.17) is 9.84 Å². The zero-order valence-electron chi connectivity index (χ0n) is 12.5. The van der Waals surface area contributed by atoms with Crippen molar-refractivity contribution in [3.8, 4) is 5.75 Å². The molecule has 6 heteroatoms. The molecule has 1 fully saturated rings. The topological polar surface area (TPSA) is 78.9 Å². The summed E-state index contributed by atoms with van der Waals surface area (Å²) in [6.07, 6.45) is 2.34. The molecule has 1 aromatic rings. The quantitative estimate of drug-likeness (QED) is 0.789. The van der Waals surface area contributed by atoms with Crippen molar-refractivity contribution in [1.29, 1.82) is 0 Å². The molecule has 6 nitrogen and oxygen atoms in total. The molecule has 0 radical (unpaired) electrons. The third kappa shape index (κ3) is 5.27. The van der Waals surface area contributed by atoms with E-state index >= 15 is 0 Å². The fourth-order valence-corrected chi connectivity index (χ4v) is 2.46. The monoisotopic (exact) mass is 306 g/mol. The minimum atomic E-state index is -0.844. The lowest BCUT2D eigenvalue weighted by atomic mass is 10.1. The largest absolute Gasteiger partial charge is 0.489 e. The number of ether oxygens (including phenoxy) is 1. The van der Waals surface area contributed by atoms with Crippen molar-refractivity contribution in [2.45, 2.75) is 31.8 Å². The van der Waals surface area contributed by atoms with Crippen LogP contribution in [0.4, 0.5) is 4.79 Å². The van der Waals surface area contributed by atoms with Crippen molar-refractivity contribution < 1.29 is 19.4 Å². The van der Waals surface area contributed by atoms with E-state index in [1.54, 1.807) is 4.90 Å². The summed E-state index contributed by atoms with van der Waals surface area (Å²) in [4.78, 5) is 24.2. The molecule has 0 aliphatic carbocycles. The van der Waals surface area contributed by atoms with Gasteiger partial charge >= 0.3 is 12.0 Å². The molecule has 22 heavy (non-hydrogen) atoms. The average Bonchev–Trinajstić information content (AvgIpc) is 2.52. The highest BCUT2D eigenvalue weighted by Crippen LogP contribution is 2.18. The first-order valence-corrected chi connectivity index (χ1v) is 7.61. The molecule has 0 spiro atoms. The van der Waals surface area contributed by atoms with Crippen LogP contribution < -0.4 is 10.1 Å². The third-order valence-electron chi connectivity index (χ3n) is 3.55. The molecule has 1 unspecified atom stereocenters. The van der Waals surface area contributed by atoms with Crippen LogP contribution >= 0.6 is 0 Å². The number of likely N-dealkylation sites (tertiary alicyclic amines) is 1. The Hall–Kier alpha value is -2.24. The predicted molar refractivity (Wildman–Crippen MR) is 81.9 cm³/mol. The second kappa shape index (κ2) is 8.26. The Morgan fingerprint density at radius 3 is 2.82 bits per heavy atom. The van der Waals surface area contributed by atoms with Crippen LogP contribution in [0.25, 0.3) is 0 Å². The molecule has 1 aromatic carbocycles. The second-order valence-electron chi connectivity index (χ2n) is 5.37. The van der Waals surface area contributed by atoms with Gasteiger partial charge in [-0.3, -0.25) is 4.79 Å². The Bertz CT molecular complexity index is 492. The van der Waals surface area contributed by atoms with Gasteiger partial charge < -0.3 is 20.1 Å². The van der Waals surface area contributed by atoms with Gasteiger partial charge in [0.1, 0.15) is 11.9 Å². The van der Waals surface area contributed by atoms with Crippen LogP contribution in [0, 0.1) is 0 Å². The van der Waals surface area contributed by atoms with E-state index in [2.05, 4.69) is 5.32 Å². The number of carboxylic acid groups (broad SMARTS) is 1. The standard InChI is InChI=1S/C16H22N2O4/c19-15(20)9-4-10-17-16(21)18-11-5-8-14(12-18)22-13-6-2-1-3-7-13/h1-3,6-7,14H,4-5,8-12H2,(H,17,21)(H,19,20). The summed E-state index contributed by atoms with van der Waals surface area (Å²) in [6, 6.07) is 9.45. The van der Waals surface area contributed by atoms with E-state index in [9.17, 15) is 9.59 Å². The molecule has 0 bridgehead atoms. The van der Waals surface area contributed by atoms with E-state index < -0.39 is 5.97 Å². The molecule has 0 saturated carbocycles. The third-order valence-corrected chi connectivity index (χ3v) is 3.55. The number of piperidine rings is 1. The van der Waals surface area contributed by atoms with E-state index in [-0.39, 0.29) is 18.6 Å². The van der Waals surface area contributed by atoms with Gasteiger partial charge in [0, 0.05) is 19.5 Å². The molecule has 1 saturated heterocycles. The Balaban J connectivity index is 1.75. The first-order valence-electron chi connectivity index (χ1n) is 7.61. The zero-order chi connectivity index (χ0) is 15.8. The lowest BCUT2D eigenvalue weighted by Gasteiger charge is -2.33. The van der Waals surface area contributed by atoms with E-state index in [1.165, 1.54) is 0 Å². The highest BCUT2D eigenvalue weighted by molar-refractivity contribution is 5.74. The number of para-hydroxylation sites is 1. The summed E-state index contributed by atoms with van der Waals surface area (Å²) in [5.41, 5.74) is 0. The summed E-state index contributed by atoms with van der Waals surface area (Å²) in [7, 11) is 0. The van der Waals surface area contributed by atoms with E-state index in [0.717, 1.165) is 18.6 Å². The van der Waals surface area contributed by atoms with Gasteiger partial charge in [0.25, 0.3) is 0 Å². The zero-order valence-corrected chi connectivity index (χ0v) is 12.5. The predicted octanol–water partition coefficient (Wildman–Crippen LogP) is 2.10. The number of urea groups is 1. The number of hydrogen-bond acceptors (Lipinski definition) is 3. The minimum Gasteiger partial charge on any atom is -0.489 e.